The van der Waals surface area contributed by atoms with Gasteiger partial charge in [0.1, 0.15) is 0 Å². The number of methoxy groups -OCH3 is 1. The lowest BCUT2D eigenvalue weighted by Crippen LogP contribution is -2.36. The second kappa shape index (κ2) is 5.38. The zero-order valence-corrected chi connectivity index (χ0v) is 11.2. The van der Waals surface area contributed by atoms with Crippen molar-refractivity contribution in [3.05, 3.63) is 30.1 Å². The van der Waals surface area contributed by atoms with Gasteiger partial charge in [-0.3, -0.25) is 14.6 Å². The van der Waals surface area contributed by atoms with Crippen molar-refractivity contribution in [3.8, 4) is 0 Å². The van der Waals surface area contributed by atoms with E-state index < -0.39 is 5.41 Å². The zero-order chi connectivity index (χ0) is 13.9. The number of rotatable bonds is 5. The van der Waals surface area contributed by atoms with E-state index in [-0.39, 0.29) is 17.8 Å². The molecule has 1 aliphatic carbocycles. The second-order valence-electron chi connectivity index (χ2n) is 4.99. The summed E-state index contributed by atoms with van der Waals surface area (Å²) in [5, 5.41) is 2.84. The summed E-state index contributed by atoms with van der Waals surface area (Å²) in [5.41, 5.74) is 0.429. The number of esters is 1. The number of nitrogens with zero attached hydrogens (tertiary/aromatic N) is 1. The number of amides is 1. The number of ether oxygens (including phenoxy) is 1. The SMILES string of the molecule is COC(=O)C1(CNC(=O)C(C)c2ccncc2)CC1. The number of nitrogens with one attached hydrogen (secondary N) is 1. The van der Waals surface area contributed by atoms with Crippen LogP contribution in [0, 0.1) is 5.41 Å². The molecule has 5 nitrogen and oxygen atoms in total. The van der Waals surface area contributed by atoms with Gasteiger partial charge in [0, 0.05) is 18.9 Å². The molecule has 2 rings (SSSR count). The number of carbonyl (C=O) groups excluding carboxylic acids is 2. The van der Waals surface area contributed by atoms with Crippen molar-refractivity contribution >= 4 is 11.9 Å². The average Bonchev–Trinajstić information content (AvgIpc) is 3.25. The van der Waals surface area contributed by atoms with E-state index in [9.17, 15) is 9.59 Å². The Morgan fingerprint density at radius 2 is 2.05 bits per heavy atom. The minimum absolute atomic E-state index is 0.0821. The highest BCUT2D eigenvalue weighted by molar-refractivity contribution is 5.85. The first-order chi connectivity index (χ1) is 9.09. The van der Waals surface area contributed by atoms with Gasteiger partial charge in [0.05, 0.1) is 18.4 Å². The molecule has 1 aliphatic rings. The molecule has 1 atom stereocenters. The Morgan fingerprint density at radius 3 is 2.58 bits per heavy atom. The molecule has 1 fully saturated rings. The van der Waals surface area contributed by atoms with Crippen molar-refractivity contribution in [3.63, 3.8) is 0 Å². The van der Waals surface area contributed by atoms with Gasteiger partial charge in [-0.15, -0.1) is 0 Å². The van der Waals surface area contributed by atoms with E-state index in [0.29, 0.717) is 6.54 Å². The van der Waals surface area contributed by atoms with E-state index in [1.165, 1.54) is 7.11 Å². The van der Waals surface area contributed by atoms with Crippen LogP contribution in [0.3, 0.4) is 0 Å². The third-order valence-electron chi connectivity index (χ3n) is 3.67. The van der Waals surface area contributed by atoms with Crippen molar-refractivity contribution < 1.29 is 14.3 Å². The molecule has 0 radical (unpaired) electrons. The van der Waals surface area contributed by atoms with Crippen LogP contribution in [-0.2, 0) is 14.3 Å². The van der Waals surface area contributed by atoms with Crippen molar-refractivity contribution in [1.82, 2.24) is 10.3 Å². The molecule has 1 amide bonds. The number of hydrogen-bond donors (Lipinski definition) is 1. The van der Waals surface area contributed by atoms with Gasteiger partial charge in [0.25, 0.3) is 0 Å². The van der Waals surface area contributed by atoms with Crippen molar-refractivity contribution in [2.75, 3.05) is 13.7 Å². The lowest BCUT2D eigenvalue weighted by atomic mass is 10.0. The smallest absolute Gasteiger partial charge is 0.313 e. The fraction of sp³-hybridized carbons (Fsp3) is 0.500. The maximum absolute atomic E-state index is 12.0. The van der Waals surface area contributed by atoms with Crippen LogP contribution in [0.15, 0.2) is 24.5 Å². The van der Waals surface area contributed by atoms with Gasteiger partial charge in [-0.05, 0) is 37.5 Å². The van der Waals surface area contributed by atoms with E-state index in [1.54, 1.807) is 12.4 Å². The molecule has 102 valence electrons. The first kappa shape index (κ1) is 13.5. The Bertz CT molecular complexity index is 469. The van der Waals surface area contributed by atoms with Crippen LogP contribution in [0.4, 0.5) is 0 Å². The fourth-order valence-corrected chi connectivity index (χ4v) is 2.03. The molecule has 1 unspecified atom stereocenters. The normalized spacial score (nSPS) is 17.4. The standard InChI is InChI=1S/C14H18N2O3/c1-10(11-3-7-15-8-4-11)12(17)16-9-14(5-6-14)13(18)19-2/h3-4,7-8,10H,5-6,9H2,1-2H3,(H,16,17). The van der Waals surface area contributed by atoms with Gasteiger partial charge in [0.2, 0.25) is 5.91 Å². The lowest BCUT2D eigenvalue weighted by Gasteiger charge is -2.16. The van der Waals surface area contributed by atoms with Gasteiger partial charge in [-0.2, -0.15) is 0 Å². The maximum Gasteiger partial charge on any atom is 0.313 e. The van der Waals surface area contributed by atoms with Gasteiger partial charge >= 0.3 is 5.97 Å². The molecule has 0 aliphatic heterocycles. The minimum Gasteiger partial charge on any atom is -0.469 e. The highest BCUT2D eigenvalue weighted by Gasteiger charge is 2.51. The zero-order valence-electron chi connectivity index (χ0n) is 11.2. The summed E-state index contributed by atoms with van der Waals surface area (Å²) in [6.45, 7) is 2.19. The summed E-state index contributed by atoms with van der Waals surface area (Å²) in [5.74, 6) is -0.567. The van der Waals surface area contributed by atoms with Crippen LogP contribution in [0.2, 0.25) is 0 Å². The molecule has 5 heteroatoms. The number of hydrogen-bond acceptors (Lipinski definition) is 4. The molecular weight excluding hydrogens is 244 g/mol. The summed E-state index contributed by atoms with van der Waals surface area (Å²) in [6.07, 6.45) is 4.89. The Balaban J connectivity index is 1.90. The summed E-state index contributed by atoms with van der Waals surface area (Å²) < 4.78 is 4.76. The second-order valence-corrected chi connectivity index (χ2v) is 4.99. The molecule has 1 aromatic rings. The Kier molecular flexibility index (Phi) is 3.83. The highest BCUT2D eigenvalue weighted by Crippen LogP contribution is 2.46. The molecule has 1 aromatic heterocycles. The first-order valence-corrected chi connectivity index (χ1v) is 6.35. The lowest BCUT2D eigenvalue weighted by molar-refractivity contribution is -0.147. The molecule has 1 N–H and O–H groups in total. The van der Waals surface area contributed by atoms with Gasteiger partial charge in [-0.1, -0.05) is 0 Å². The minimum atomic E-state index is -0.484. The number of aromatic nitrogens is 1. The molecule has 1 saturated carbocycles. The van der Waals surface area contributed by atoms with E-state index in [4.69, 9.17) is 4.74 Å². The van der Waals surface area contributed by atoms with Crippen LogP contribution in [0.25, 0.3) is 0 Å². The third-order valence-corrected chi connectivity index (χ3v) is 3.67. The summed E-state index contributed by atoms with van der Waals surface area (Å²) in [6, 6.07) is 3.63. The van der Waals surface area contributed by atoms with Crippen molar-refractivity contribution in [1.29, 1.82) is 0 Å². The Hall–Kier alpha value is -1.91. The summed E-state index contributed by atoms with van der Waals surface area (Å²) >= 11 is 0. The molecular formula is C14H18N2O3. The average molecular weight is 262 g/mol. The van der Waals surface area contributed by atoms with Crippen LogP contribution >= 0.6 is 0 Å². The Labute approximate surface area is 112 Å². The van der Waals surface area contributed by atoms with Gasteiger partial charge in [0.15, 0.2) is 0 Å². The van der Waals surface area contributed by atoms with Crippen LogP contribution < -0.4 is 5.32 Å². The predicted octanol–water partition coefficient (Wildman–Crippen LogP) is 1.25. The molecule has 0 aromatic carbocycles. The molecule has 0 spiro atoms. The van der Waals surface area contributed by atoms with Crippen molar-refractivity contribution in [2.24, 2.45) is 5.41 Å². The molecule has 19 heavy (non-hydrogen) atoms. The van der Waals surface area contributed by atoms with Gasteiger partial charge in [-0.25, -0.2) is 0 Å². The Morgan fingerprint density at radius 1 is 1.42 bits per heavy atom. The number of carbonyl (C=O) groups is 2. The molecule has 0 bridgehead atoms. The first-order valence-electron chi connectivity index (χ1n) is 6.35. The van der Waals surface area contributed by atoms with Crippen LogP contribution in [0.1, 0.15) is 31.2 Å². The summed E-state index contributed by atoms with van der Waals surface area (Å²) in [7, 11) is 1.38. The third kappa shape index (κ3) is 2.92. The summed E-state index contributed by atoms with van der Waals surface area (Å²) in [4.78, 5) is 27.5. The quantitative estimate of drug-likeness (QED) is 0.811. The van der Waals surface area contributed by atoms with Gasteiger partial charge < -0.3 is 10.1 Å². The largest absolute Gasteiger partial charge is 0.469 e. The maximum atomic E-state index is 12.0. The predicted molar refractivity (Wildman–Crippen MR) is 69.3 cm³/mol. The van der Waals surface area contributed by atoms with E-state index in [0.717, 1.165) is 18.4 Å². The van der Waals surface area contributed by atoms with E-state index in [1.807, 2.05) is 19.1 Å². The highest BCUT2D eigenvalue weighted by atomic mass is 16.5. The van der Waals surface area contributed by atoms with Crippen molar-refractivity contribution in [2.45, 2.75) is 25.7 Å². The fourth-order valence-electron chi connectivity index (χ4n) is 2.03. The molecule has 1 heterocycles. The molecule has 0 saturated heterocycles. The van der Waals surface area contributed by atoms with Crippen LogP contribution in [-0.4, -0.2) is 30.5 Å². The van der Waals surface area contributed by atoms with E-state index in [2.05, 4.69) is 10.3 Å². The monoisotopic (exact) mass is 262 g/mol. The topological polar surface area (TPSA) is 68.3 Å². The van der Waals surface area contributed by atoms with Crippen LogP contribution in [0.5, 0.6) is 0 Å². The number of pyridine rings is 1. The van der Waals surface area contributed by atoms with E-state index >= 15 is 0 Å².